The predicted molar refractivity (Wildman–Crippen MR) is 130 cm³/mol. The molecule has 0 saturated carbocycles. The van der Waals surface area contributed by atoms with Gasteiger partial charge in [-0.3, -0.25) is 14.6 Å². The van der Waals surface area contributed by atoms with Crippen LogP contribution >= 0.6 is 11.6 Å². The summed E-state index contributed by atoms with van der Waals surface area (Å²) in [5.41, 5.74) is 1.45. The van der Waals surface area contributed by atoms with Crippen LogP contribution in [0, 0.1) is 0 Å². The summed E-state index contributed by atoms with van der Waals surface area (Å²) in [5, 5.41) is 11.6. The first kappa shape index (κ1) is 24.1. The van der Waals surface area contributed by atoms with Crippen LogP contribution in [0.15, 0.2) is 66.5 Å². The molecule has 1 aromatic heterocycles. The number of likely N-dealkylation sites (tertiary alicyclic amines) is 1. The zero-order valence-corrected chi connectivity index (χ0v) is 20.1. The van der Waals surface area contributed by atoms with E-state index in [9.17, 15) is 14.7 Å². The zero-order valence-electron chi connectivity index (χ0n) is 19.3. The molecule has 1 fully saturated rings. The van der Waals surface area contributed by atoms with E-state index >= 15 is 0 Å². The molecule has 3 aromatic rings. The van der Waals surface area contributed by atoms with Crippen LogP contribution < -0.4 is 14.2 Å². The van der Waals surface area contributed by atoms with E-state index in [1.54, 1.807) is 54.9 Å². The number of rotatable bonds is 7. The largest absolute Gasteiger partial charge is 0.507 e. The molecule has 8 nitrogen and oxygen atoms in total. The number of pyridine rings is 1. The van der Waals surface area contributed by atoms with Gasteiger partial charge in [0.05, 0.1) is 32.9 Å². The molecule has 1 aliphatic heterocycles. The number of aliphatic hydroxyl groups is 1. The molecule has 9 heteroatoms. The Morgan fingerprint density at radius 3 is 2.31 bits per heavy atom. The highest BCUT2D eigenvalue weighted by Crippen LogP contribution is 2.46. The minimum Gasteiger partial charge on any atom is -0.507 e. The van der Waals surface area contributed by atoms with Crippen molar-refractivity contribution in [1.29, 1.82) is 0 Å². The lowest BCUT2D eigenvalue weighted by atomic mass is 9.94. The van der Waals surface area contributed by atoms with Crippen LogP contribution in [0.1, 0.15) is 22.7 Å². The van der Waals surface area contributed by atoms with Crippen LogP contribution in [0.3, 0.4) is 0 Å². The Hall–Kier alpha value is -4.04. The molecule has 35 heavy (non-hydrogen) atoms. The maximum Gasteiger partial charge on any atom is 0.295 e. The van der Waals surface area contributed by atoms with Crippen LogP contribution in [0.4, 0.5) is 0 Å². The summed E-state index contributed by atoms with van der Waals surface area (Å²) < 4.78 is 16.4. The molecule has 2 heterocycles. The zero-order chi connectivity index (χ0) is 25.1. The normalized spacial score (nSPS) is 16.9. The van der Waals surface area contributed by atoms with Crippen molar-refractivity contribution in [2.75, 3.05) is 21.3 Å². The molecule has 2 aromatic carbocycles. The Kier molecular flexibility index (Phi) is 6.93. The minimum absolute atomic E-state index is 0.0737. The van der Waals surface area contributed by atoms with E-state index in [1.807, 2.05) is 0 Å². The smallest absolute Gasteiger partial charge is 0.295 e. The highest BCUT2D eigenvalue weighted by molar-refractivity contribution is 6.46. The molecule has 1 saturated heterocycles. The molecule has 0 aliphatic carbocycles. The SMILES string of the molecule is COc1cc(C2/C(=C(\O)c3cccc(Cl)c3)C(=O)C(=O)N2Cc2cccnc2)cc(OC)c1OC. The van der Waals surface area contributed by atoms with E-state index in [-0.39, 0.29) is 17.9 Å². The number of Topliss-reactive ketones (excluding diaryl/α,β-unsaturated/α-hetero) is 1. The fraction of sp³-hybridized carbons (Fsp3) is 0.192. The molecule has 1 amide bonds. The lowest BCUT2D eigenvalue weighted by Crippen LogP contribution is -2.29. The van der Waals surface area contributed by atoms with E-state index in [1.165, 1.54) is 32.3 Å². The van der Waals surface area contributed by atoms with Crippen molar-refractivity contribution in [3.05, 3.63) is 88.2 Å². The van der Waals surface area contributed by atoms with Gasteiger partial charge in [-0.25, -0.2) is 0 Å². The third-order valence-electron chi connectivity index (χ3n) is 5.72. The molecular weight excluding hydrogens is 472 g/mol. The Labute approximate surface area is 207 Å². The molecule has 1 unspecified atom stereocenters. The second-order valence-electron chi connectivity index (χ2n) is 7.76. The monoisotopic (exact) mass is 494 g/mol. The summed E-state index contributed by atoms with van der Waals surface area (Å²) in [6, 6.07) is 12.3. The number of ether oxygens (including phenoxy) is 3. The van der Waals surface area contributed by atoms with Crippen LogP contribution in [0.2, 0.25) is 5.02 Å². The van der Waals surface area contributed by atoms with Gasteiger partial charge in [0, 0.05) is 29.5 Å². The molecule has 1 N–H and O–H groups in total. The van der Waals surface area contributed by atoms with E-state index in [2.05, 4.69) is 4.98 Å². The predicted octanol–water partition coefficient (Wildman–Crippen LogP) is 4.38. The van der Waals surface area contributed by atoms with Crippen LogP contribution in [0.5, 0.6) is 17.2 Å². The summed E-state index contributed by atoms with van der Waals surface area (Å²) in [6.45, 7) is 0.0894. The average molecular weight is 495 g/mol. The van der Waals surface area contributed by atoms with Gasteiger partial charge >= 0.3 is 0 Å². The number of carbonyl (C=O) groups is 2. The standard InChI is InChI=1S/C26H23ClN2O6/c1-33-19-11-17(12-20(34-2)25(19)35-3)22-21(23(30)16-7-4-8-18(27)10-16)24(31)26(32)29(22)14-15-6-5-9-28-13-15/h4-13,22,30H,14H2,1-3H3/b23-21+. The highest BCUT2D eigenvalue weighted by Gasteiger charge is 2.46. The van der Waals surface area contributed by atoms with Crippen LogP contribution in [-0.4, -0.2) is 48.0 Å². The Morgan fingerprint density at radius 2 is 1.74 bits per heavy atom. The van der Waals surface area contributed by atoms with Crippen LogP contribution in [-0.2, 0) is 16.1 Å². The number of hydrogen-bond acceptors (Lipinski definition) is 7. The van der Waals surface area contributed by atoms with Crippen molar-refractivity contribution >= 4 is 29.1 Å². The van der Waals surface area contributed by atoms with Crippen LogP contribution in [0.25, 0.3) is 5.76 Å². The summed E-state index contributed by atoms with van der Waals surface area (Å²) in [7, 11) is 4.42. The van der Waals surface area contributed by atoms with Gasteiger partial charge in [0.1, 0.15) is 5.76 Å². The van der Waals surface area contributed by atoms with Crippen molar-refractivity contribution in [2.24, 2.45) is 0 Å². The van der Waals surface area contributed by atoms with E-state index in [0.29, 0.717) is 33.4 Å². The molecule has 4 rings (SSSR count). The molecule has 180 valence electrons. The quantitative estimate of drug-likeness (QED) is 0.295. The maximum absolute atomic E-state index is 13.3. The average Bonchev–Trinajstić information content (AvgIpc) is 3.12. The third-order valence-corrected chi connectivity index (χ3v) is 5.95. The minimum atomic E-state index is -0.942. The number of carbonyl (C=O) groups excluding carboxylic acids is 2. The van der Waals surface area contributed by atoms with Crippen molar-refractivity contribution < 1.29 is 28.9 Å². The first-order chi connectivity index (χ1) is 16.9. The summed E-state index contributed by atoms with van der Waals surface area (Å²) >= 11 is 6.11. The number of ketones is 1. The number of aliphatic hydroxyl groups excluding tert-OH is 1. The van der Waals surface area contributed by atoms with Gasteiger partial charge in [0.25, 0.3) is 11.7 Å². The molecule has 0 spiro atoms. The lowest BCUT2D eigenvalue weighted by molar-refractivity contribution is -0.140. The Balaban J connectivity index is 1.95. The van der Waals surface area contributed by atoms with Gasteiger partial charge in [0.15, 0.2) is 11.5 Å². The fourth-order valence-corrected chi connectivity index (χ4v) is 4.32. The third kappa shape index (κ3) is 4.52. The lowest BCUT2D eigenvalue weighted by Gasteiger charge is -2.26. The fourth-order valence-electron chi connectivity index (χ4n) is 4.13. The first-order valence-corrected chi connectivity index (χ1v) is 11.0. The van der Waals surface area contributed by atoms with Gasteiger partial charge < -0.3 is 24.2 Å². The van der Waals surface area contributed by atoms with Crippen molar-refractivity contribution in [3.8, 4) is 17.2 Å². The number of aromatic nitrogens is 1. The topological polar surface area (TPSA) is 98.2 Å². The molecule has 0 radical (unpaired) electrons. The summed E-state index contributed by atoms with van der Waals surface area (Å²) in [5.74, 6) is -0.856. The molecule has 1 aliphatic rings. The first-order valence-electron chi connectivity index (χ1n) is 10.6. The van der Waals surface area contributed by atoms with Gasteiger partial charge in [-0.15, -0.1) is 0 Å². The Bertz CT molecular complexity index is 1280. The van der Waals surface area contributed by atoms with Gasteiger partial charge in [-0.05, 0) is 41.5 Å². The number of benzene rings is 2. The number of hydrogen-bond donors (Lipinski definition) is 1. The highest BCUT2D eigenvalue weighted by atomic mass is 35.5. The van der Waals surface area contributed by atoms with Crippen molar-refractivity contribution in [2.45, 2.75) is 12.6 Å². The molecule has 1 atom stereocenters. The maximum atomic E-state index is 13.3. The molecular formula is C26H23ClN2O6. The summed E-state index contributed by atoms with van der Waals surface area (Å²) in [4.78, 5) is 32.0. The van der Waals surface area contributed by atoms with Gasteiger partial charge in [-0.1, -0.05) is 29.8 Å². The number of nitrogens with zero attached hydrogens (tertiary/aromatic N) is 2. The van der Waals surface area contributed by atoms with E-state index in [4.69, 9.17) is 25.8 Å². The van der Waals surface area contributed by atoms with Gasteiger partial charge in [-0.2, -0.15) is 0 Å². The van der Waals surface area contributed by atoms with E-state index in [0.717, 1.165) is 5.56 Å². The second-order valence-corrected chi connectivity index (χ2v) is 8.19. The number of amides is 1. The number of methoxy groups -OCH3 is 3. The van der Waals surface area contributed by atoms with Crippen molar-refractivity contribution in [1.82, 2.24) is 9.88 Å². The number of halogens is 1. The second kappa shape index (κ2) is 10.1. The van der Waals surface area contributed by atoms with Gasteiger partial charge in [0.2, 0.25) is 5.75 Å². The van der Waals surface area contributed by atoms with E-state index < -0.39 is 17.7 Å². The molecule has 0 bridgehead atoms. The Morgan fingerprint density at radius 1 is 1.03 bits per heavy atom. The van der Waals surface area contributed by atoms with Crippen molar-refractivity contribution in [3.63, 3.8) is 0 Å². The summed E-state index contributed by atoms with van der Waals surface area (Å²) in [6.07, 6.45) is 3.23.